The van der Waals surface area contributed by atoms with Crippen LogP contribution in [0.15, 0.2) is 24.5 Å². The predicted molar refractivity (Wildman–Crippen MR) is 116 cm³/mol. The van der Waals surface area contributed by atoms with Crippen molar-refractivity contribution in [3.05, 3.63) is 45.8 Å². The molecular weight excluding hydrogens is 449 g/mol. The average molecular weight is 470 g/mol. The third kappa shape index (κ3) is 4.25. The van der Waals surface area contributed by atoms with Gasteiger partial charge in [-0.1, -0.05) is 23.2 Å². The van der Waals surface area contributed by atoms with Crippen molar-refractivity contribution in [3.63, 3.8) is 0 Å². The number of rotatable bonds is 5. The van der Waals surface area contributed by atoms with Crippen LogP contribution >= 0.6 is 23.2 Å². The van der Waals surface area contributed by atoms with Crippen LogP contribution < -0.4 is 10.1 Å². The van der Waals surface area contributed by atoms with Gasteiger partial charge in [0.05, 0.1) is 15.7 Å². The van der Waals surface area contributed by atoms with Crippen molar-refractivity contribution < 1.29 is 13.2 Å². The van der Waals surface area contributed by atoms with Crippen molar-refractivity contribution in [2.24, 2.45) is 0 Å². The highest BCUT2D eigenvalue weighted by Crippen LogP contribution is 2.34. The zero-order valence-corrected chi connectivity index (χ0v) is 18.7. The van der Waals surface area contributed by atoms with E-state index >= 15 is 0 Å². The van der Waals surface area contributed by atoms with Crippen molar-refractivity contribution in [2.45, 2.75) is 37.2 Å². The summed E-state index contributed by atoms with van der Waals surface area (Å²) in [4.78, 5) is 8.60. The molecule has 11 heteroatoms. The van der Waals surface area contributed by atoms with Crippen LogP contribution in [0, 0.1) is 0 Å². The molecule has 0 spiro atoms. The molecule has 0 radical (unpaired) electrons. The monoisotopic (exact) mass is 469 g/mol. The lowest BCUT2D eigenvalue weighted by molar-refractivity contribution is 0.218. The Morgan fingerprint density at radius 1 is 1.20 bits per heavy atom. The van der Waals surface area contributed by atoms with Gasteiger partial charge >= 0.3 is 0 Å². The Kier molecular flexibility index (Phi) is 5.89. The predicted octanol–water partition coefficient (Wildman–Crippen LogP) is 3.64. The quantitative estimate of drug-likeness (QED) is 0.586. The summed E-state index contributed by atoms with van der Waals surface area (Å²) in [5.74, 6) is 0.497. The smallest absolute Gasteiger partial charge is 0.214 e. The molecular formula is C19H21Cl2N5O3S. The van der Waals surface area contributed by atoms with Gasteiger partial charge in [0.15, 0.2) is 9.84 Å². The standard InChI is InChI=1S/C19H21Cl2N5O3S/c1-10(17-12(20)8-22-9-13(17)21)29-15-5-4-14-19(24-15)18(26-25-14)11-3-6-16(23-7-11)30(2,27)28/h4-5,8-11,16,23H,3,6-7H2,1-2H3,(H,25,26)/t10-,11-,16-/m1/s1. The maximum Gasteiger partial charge on any atom is 0.214 e. The van der Waals surface area contributed by atoms with Crippen LogP contribution in [-0.4, -0.2) is 46.8 Å². The maximum absolute atomic E-state index is 11.8. The molecule has 1 fully saturated rings. The maximum atomic E-state index is 11.8. The minimum atomic E-state index is -3.11. The number of aromatic amines is 1. The number of hydrogen-bond acceptors (Lipinski definition) is 7. The summed E-state index contributed by atoms with van der Waals surface area (Å²) in [6, 6.07) is 3.57. The van der Waals surface area contributed by atoms with Crippen molar-refractivity contribution in [3.8, 4) is 5.88 Å². The summed E-state index contributed by atoms with van der Waals surface area (Å²) in [5, 5.41) is 10.8. The van der Waals surface area contributed by atoms with Crippen molar-refractivity contribution in [1.82, 2.24) is 25.5 Å². The van der Waals surface area contributed by atoms with Gasteiger partial charge in [-0.05, 0) is 25.8 Å². The molecule has 4 heterocycles. The number of pyridine rings is 2. The molecule has 2 N–H and O–H groups in total. The minimum absolute atomic E-state index is 0.0808. The van der Waals surface area contributed by atoms with Crippen LogP contribution in [0.5, 0.6) is 5.88 Å². The molecule has 1 aliphatic rings. The van der Waals surface area contributed by atoms with E-state index in [4.69, 9.17) is 27.9 Å². The molecule has 0 bridgehead atoms. The summed E-state index contributed by atoms with van der Waals surface area (Å²) >= 11 is 12.5. The number of sulfone groups is 1. The number of H-pyrrole nitrogens is 1. The molecule has 0 aromatic carbocycles. The molecule has 3 aromatic rings. The van der Waals surface area contributed by atoms with E-state index in [0.29, 0.717) is 46.4 Å². The first-order chi connectivity index (χ1) is 14.2. The first-order valence-electron chi connectivity index (χ1n) is 9.47. The Morgan fingerprint density at radius 2 is 1.93 bits per heavy atom. The molecule has 1 aliphatic heterocycles. The van der Waals surface area contributed by atoms with Crippen LogP contribution in [0.25, 0.3) is 11.0 Å². The number of piperidine rings is 1. The summed E-state index contributed by atoms with van der Waals surface area (Å²) < 4.78 is 29.5. The van der Waals surface area contributed by atoms with Gasteiger partial charge in [-0.3, -0.25) is 10.1 Å². The SMILES string of the molecule is C[C@@H](Oc1ccc2n[nH]c([C@@H]3CC[C@@H](S(C)(=O)=O)NC3)c2n1)c1c(Cl)cncc1Cl. The van der Waals surface area contributed by atoms with Gasteiger partial charge < -0.3 is 10.1 Å². The topological polar surface area (TPSA) is 110 Å². The van der Waals surface area contributed by atoms with Gasteiger partial charge in [0, 0.05) is 42.7 Å². The fraction of sp³-hybridized carbons (Fsp3) is 0.421. The Balaban J connectivity index is 1.56. The van der Waals surface area contributed by atoms with Gasteiger partial charge in [0.25, 0.3) is 0 Å². The van der Waals surface area contributed by atoms with E-state index in [1.165, 1.54) is 18.6 Å². The zero-order chi connectivity index (χ0) is 21.5. The molecule has 0 saturated carbocycles. The fourth-order valence-corrected chi connectivity index (χ4v) is 5.37. The lowest BCUT2D eigenvalue weighted by Crippen LogP contribution is -2.42. The Morgan fingerprint density at radius 3 is 2.57 bits per heavy atom. The van der Waals surface area contributed by atoms with Crippen LogP contribution in [-0.2, 0) is 9.84 Å². The molecule has 0 aliphatic carbocycles. The van der Waals surface area contributed by atoms with E-state index in [1.807, 2.05) is 13.0 Å². The number of nitrogens with one attached hydrogen (secondary N) is 2. The molecule has 160 valence electrons. The van der Waals surface area contributed by atoms with E-state index in [-0.39, 0.29) is 5.92 Å². The summed E-state index contributed by atoms with van der Waals surface area (Å²) in [6.45, 7) is 2.37. The van der Waals surface area contributed by atoms with E-state index < -0.39 is 21.3 Å². The highest BCUT2D eigenvalue weighted by Gasteiger charge is 2.30. The van der Waals surface area contributed by atoms with Crippen LogP contribution in [0.2, 0.25) is 10.0 Å². The third-order valence-corrected chi connectivity index (χ3v) is 7.33. The lowest BCUT2D eigenvalue weighted by Gasteiger charge is -2.28. The third-order valence-electron chi connectivity index (χ3n) is 5.29. The number of aromatic nitrogens is 4. The van der Waals surface area contributed by atoms with Crippen molar-refractivity contribution in [1.29, 1.82) is 0 Å². The Labute approximate surface area is 184 Å². The second-order valence-electron chi connectivity index (χ2n) is 7.43. The zero-order valence-electron chi connectivity index (χ0n) is 16.4. The number of hydrogen-bond donors (Lipinski definition) is 2. The molecule has 0 amide bonds. The van der Waals surface area contributed by atoms with Gasteiger partial charge in [-0.2, -0.15) is 5.10 Å². The molecule has 8 nitrogen and oxygen atoms in total. The highest BCUT2D eigenvalue weighted by atomic mass is 35.5. The van der Waals surface area contributed by atoms with Gasteiger partial charge in [-0.25, -0.2) is 13.4 Å². The Hall–Kier alpha value is -1.94. The molecule has 3 atom stereocenters. The fourth-order valence-electron chi connectivity index (χ4n) is 3.74. The van der Waals surface area contributed by atoms with E-state index in [0.717, 1.165) is 11.2 Å². The van der Waals surface area contributed by atoms with Crippen molar-refractivity contribution >= 4 is 44.1 Å². The molecule has 1 saturated heterocycles. The summed E-state index contributed by atoms with van der Waals surface area (Å²) in [5.41, 5.74) is 2.93. The van der Waals surface area contributed by atoms with Gasteiger partial charge in [0.2, 0.25) is 5.88 Å². The molecule has 30 heavy (non-hydrogen) atoms. The van der Waals surface area contributed by atoms with Crippen LogP contribution in [0.1, 0.15) is 43.0 Å². The van der Waals surface area contributed by atoms with E-state index in [1.54, 1.807) is 6.07 Å². The number of halogens is 2. The average Bonchev–Trinajstić information content (AvgIpc) is 3.10. The molecule has 3 aromatic heterocycles. The number of nitrogens with zero attached hydrogens (tertiary/aromatic N) is 3. The molecule has 4 rings (SSSR count). The number of fused-ring (bicyclic) bond motifs is 1. The van der Waals surface area contributed by atoms with E-state index in [9.17, 15) is 8.42 Å². The van der Waals surface area contributed by atoms with Gasteiger partial charge in [-0.15, -0.1) is 0 Å². The summed E-state index contributed by atoms with van der Waals surface area (Å²) in [7, 11) is -3.11. The minimum Gasteiger partial charge on any atom is -0.470 e. The second kappa shape index (κ2) is 8.30. The largest absolute Gasteiger partial charge is 0.470 e. The lowest BCUT2D eigenvalue weighted by atomic mass is 9.95. The van der Waals surface area contributed by atoms with Crippen LogP contribution in [0.3, 0.4) is 0 Å². The Bertz CT molecular complexity index is 1160. The highest BCUT2D eigenvalue weighted by molar-refractivity contribution is 7.91. The first kappa shape index (κ1) is 21.3. The molecule has 0 unspecified atom stereocenters. The normalized spacial score (nSPS) is 20.9. The first-order valence-corrected chi connectivity index (χ1v) is 12.2. The van der Waals surface area contributed by atoms with Crippen LogP contribution in [0.4, 0.5) is 0 Å². The second-order valence-corrected chi connectivity index (χ2v) is 10.5. The van der Waals surface area contributed by atoms with Gasteiger partial charge in [0.1, 0.15) is 22.5 Å². The summed E-state index contributed by atoms with van der Waals surface area (Å²) in [6.07, 6.45) is 5.12. The number of ether oxygens (including phenoxy) is 1. The van der Waals surface area contributed by atoms with Crippen molar-refractivity contribution in [2.75, 3.05) is 12.8 Å². The van der Waals surface area contributed by atoms with E-state index in [2.05, 4.69) is 25.5 Å².